The molecule has 3 rings (SSSR count). The Kier molecular flexibility index (Phi) is 13.9. The van der Waals surface area contributed by atoms with Crippen molar-refractivity contribution >= 4 is 41.2 Å². The summed E-state index contributed by atoms with van der Waals surface area (Å²) < 4.78 is 16.5. The van der Waals surface area contributed by atoms with E-state index in [4.69, 9.17) is 19.3 Å². The van der Waals surface area contributed by atoms with Gasteiger partial charge in [-0.05, 0) is 70.2 Å². The fraction of sp³-hybridized carbons (Fsp3) is 0.576. The number of amides is 2. The number of carbonyl (C=O) groups is 6. The van der Waals surface area contributed by atoms with Crippen molar-refractivity contribution in [1.82, 2.24) is 9.80 Å². The van der Waals surface area contributed by atoms with Crippen LogP contribution in [0.4, 0.5) is 5.69 Å². The third kappa shape index (κ3) is 11.1. The number of hydrogen-bond acceptors (Lipinski definition) is 10. The summed E-state index contributed by atoms with van der Waals surface area (Å²) in [5.41, 5.74) is -0.262. The molecule has 2 atom stereocenters. The van der Waals surface area contributed by atoms with Crippen LogP contribution in [-0.2, 0) is 43.0 Å². The lowest BCUT2D eigenvalue weighted by atomic mass is 9.87. The Morgan fingerprint density at radius 1 is 1.11 bits per heavy atom. The average molecular weight is 644 g/mol. The molecule has 1 aromatic rings. The number of rotatable bonds is 16. The minimum Gasteiger partial charge on any atom is -0.481 e. The first-order valence-corrected chi connectivity index (χ1v) is 15.7. The average Bonchev–Trinajstić information content (AvgIpc) is 3.05. The van der Waals surface area contributed by atoms with Gasteiger partial charge < -0.3 is 29.5 Å². The summed E-state index contributed by atoms with van der Waals surface area (Å²) in [7, 11) is 0. The molecule has 0 aliphatic carbocycles. The quantitative estimate of drug-likeness (QED) is 0.154. The summed E-state index contributed by atoms with van der Waals surface area (Å²) in [5.74, 6) is -4.49. The number of carbonyl (C=O) groups excluding carboxylic acids is 5. The number of carboxylic acids is 1. The van der Waals surface area contributed by atoms with E-state index < -0.39 is 53.1 Å². The molecule has 1 aromatic carbocycles. The lowest BCUT2D eigenvalue weighted by molar-refractivity contribution is -0.165. The highest BCUT2D eigenvalue weighted by atomic mass is 16.5. The Balaban J connectivity index is 1.76. The van der Waals surface area contributed by atoms with Gasteiger partial charge in [-0.15, -0.1) is 0 Å². The zero-order valence-corrected chi connectivity index (χ0v) is 26.7. The first kappa shape index (κ1) is 36.4. The van der Waals surface area contributed by atoms with Crippen LogP contribution in [0.3, 0.4) is 0 Å². The highest BCUT2D eigenvalue weighted by molar-refractivity contribution is 6.38. The fourth-order valence-electron chi connectivity index (χ4n) is 5.31. The van der Waals surface area contributed by atoms with Crippen LogP contribution in [0.2, 0.25) is 0 Å². The van der Waals surface area contributed by atoms with Crippen LogP contribution in [0.25, 0.3) is 0 Å². The van der Waals surface area contributed by atoms with Crippen LogP contribution in [-0.4, -0.2) is 102 Å². The minimum atomic E-state index is -1.32. The molecule has 1 unspecified atom stereocenters. The van der Waals surface area contributed by atoms with Crippen molar-refractivity contribution in [2.45, 2.75) is 70.9 Å². The number of anilines is 1. The Morgan fingerprint density at radius 3 is 2.54 bits per heavy atom. The van der Waals surface area contributed by atoms with Gasteiger partial charge in [0.05, 0.1) is 25.0 Å². The van der Waals surface area contributed by atoms with Crippen LogP contribution < -0.4 is 5.32 Å². The molecule has 13 heteroatoms. The number of carboxylic acid groups (broad SMARTS) is 1. The predicted octanol–water partition coefficient (Wildman–Crippen LogP) is 2.89. The maximum Gasteiger partial charge on any atom is 0.330 e. The number of nitrogens with one attached hydrogen (secondary N) is 1. The number of aliphatic carboxylic acids is 1. The van der Waals surface area contributed by atoms with Gasteiger partial charge in [0.1, 0.15) is 18.8 Å². The van der Waals surface area contributed by atoms with E-state index in [1.54, 1.807) is 24.3 Å². The van der Waals surface area contributed by atoms with Gasteiger partial charge >= 0.3 is 17.9 Å². The fourth-order valence-corrected chi connectivity index (χ4v) is 5.31. The van der Waals surface area contributed by atoms with Crippen molar-refractivity contribution in [2.75, 3.05) is 51.3 Å². The molecule has 2 amide bonds. The Labute approximate surface area is 269 Å². The monoisotopic (exact) mass is 643 g/mol. The zero-order valence-electron chi connectivity index (χ0n) is 26.7. The molecule has 2 saturated heterocycles. The van der Waals surface area contributed by atoms with E-state index in [-0.39, 0.29) is 26.0 Å². The standard InChI is InChI=1S/C33H45N3O10/c1-4-29(40)45-22-33(2,3)30(41)31(42)36-16-6-5-11-25(36)32(43)46-26(12-8-15-35-17-19-44-20-18-35)23-9-7-10-24(21-23)34-27(37)13-14-28(38)39/h4,7,9-10,21,25-26H,1,5-6,8,11-20,22H2,2-3H3,(H,34,37)(H,38,39)/t25-,26?/m0/s1. The molecule has 0 saturated carbocycles. The molecule has 2 fully saturated rings. The molecular formula is C33H45N3O10. The SMILES string of the molecule is C=CC(=O)OCC(C)(C)C(=O)C(=O)N1CCCC[C@H]1C(=O)OC(CCCN1CCOCC1)c1cccc(NC(=O)CCC(=O)O)c1. The molecule has 2 aliphatic heterocycles. The summed E-state index contributed by atoms with van der Waals surface area (Å²) >= 11 is 0. The summed E-state index contributed by atoms with van der Waals surface area (Å²) in [4.78, 5) is 78.6. The molecule has 0 aromatic heterocycles. The molecule has 252 valence electrons. The second-order valence-corrected chi connectivity index (χ2v) is 12.1. The maximum absolute atomic E-state index is 13.7. The molecule has 0 bridgehead atoms. The molecule has 0 spiro atoms. The lowest BCUT2D eigenvalue weighted by Crippen LogP contribution is -2.53. The topological polar surface area (TPSA) is 169 Å². The molecule has 0 radical (unpaired) electrons. The number of morpholine rings is 1. The second kappa shape index (κ2) is 17.6. The molecule has 2 aliphatic rings. The van der Waals surface area contributed by atoms with Gasteiger partial charge in [0.2, 0.25) is 11.7 Å². The van der Waals surface area contributed by atoms with Gasteiger partial charge in [0.25, 0.3) is 5.91 Å². The highest BCUT2D eigenvalue weighted by Crippen LogP contribution is 2.29. The van der Waals surface area contributed by atoms with Crippen molar-refractivity contribution in [3.63, 3.8) is 0 Å². The first-order chi connectivity index (χ1) is 21.9. The summed E-state index contributed by atoms with van der Waals surface area (Å²) in [6.45, 7) is 9.88. The number of piperidine rings is 1. The van der Waals surface area contributed by atoms with Crippen molar-refractivity contribution in [2.24, 2.45) is 5.41 Å². The lowest BCUT2D eigenvalue weighted by Gasteiger charge is -2.36. The normalized spacial score (nSPS) is 17.8. The summed E-state index contributed by atoms with van der Waals surface area (Å²) in [5, 5.41) is 11.6. The van der Waals surface area contributed by atoms with Crippen molar-refractivity contribution in [3.05, 3.63) is 42.5 Å². The smallest absolute Gasteiger partial charge is 0.330 e. The van der Waals surface area contributed by atoms with E-state index in [2.05, 4.69) is 16.8 Å². The minimum absolute atomic E-state index is 0.185. The second-order valence-electron chi connectivity index (χ2n) is 12.1. The first-order valence-electron chi connectivity index (χ1n) is 15.7. The summed E-state index contributed by atoms with van der Waals surface area (Å²) in [6.07, 6.45) is 2.52. The van der Waals surface area contributed by atoms with Crippen LogP contribution in [0.5, 0.6) is 0 Å². The van der Waals surface area contributed by atoms with Crippen molar-refractivity contribution < 1.29 is 48.1 Å². The van der Waals surface area contributed by atoms with Gasteiger partial charge in [-0.2, -0.15) is 0 Å². The molecule has 46 heavy (non-hydrogen) atoms. The van der Waals surface area contributed by atoms with E-state index in [0.717, 1.165) is 25.7 Å². The largest absolute Gasteiger partial charge is 0.481 e. The van der Waals surface area contributed by atoms with Crippen LogP contribution in [0.1, 0.15) is 70.5 Å². The maximum atomic E-state index is 13.7. The molecule has 2 N–H and O–H groups in total. The number of benzene rings is 1. The van der Waals surface area contributed by atoms with Crippen molar-refractivity contribution in [1.29, 1.82) is 0 Å². The van der Waals surface area contributed by atoms with E-state index in [1.807, 2.05) is 0 Å². The number of hydrogen-bond donors (Lipinski definition) is 2. The third-order valence-electron chi connectivity index (χ3n) is 8.00. The number of esters is 2. The number of likely N-dealkylation sites (tertiary alicyclic amines) is 1. The number of ether oxygens (including phenoxy) is 3. The van der Waals surface area contributed by atoms with E-state index in [1.165, 1.54) is 18.7 Å². The van der Waals surface area contributed by atoms with E-state index >= 15 is 0 Å². The van der Waals surface area contributed by atoms with Gasteiger partial charge in [0, 0.05) is 37.8 Å². The van der Waals surface area contributed by atoms with Gasteiger partial charge in [0.15, 0.2) is 0 Å². The molecule has 2 heterocycles. The van der Waals surface area contributed by atoms with E-state index in [9.17, 15) is 28.8 Å². The van der Waals surface area contributed by atoms with Gasteiger partial charge in [-0.1, -0.05) is 18.7 Å². The zero-order chi connectivity index (χ0) is 33.7. The third-order valence-corrected chi connectivity index (χ3v) is 8.00. The Bertz CT molecular complexity index is 1270. The Morgan fingerprint density at radius 2 is 1.85 bits per heavy atom. The predicted molar refractivity (Wildman–Crippen MR) is 167 cm³/mol. The van der Waals surface area contributed by atoms with Crippen LogP contribution in [0.15, 0.2) is 36.9 Å². The summed E-state index contributed by atoms with van der Waals surface area (Å²) in [6, 6.07) is 5.86. The molecule has 13 nitrogen and oxygen atoms in total. The number of nitrogens with zero attached hydrogens (tertiary/aromatic N) is 2. The number of ketones is 1. The highest BCUT2D eigenvalue weighted by Gasteiger charge is 2.42. The Hall–Kier alpha value is -4.10. The number of Topliss-reactive ketones (excluding diaryl/α,β-unsaturated/α-hetero) is 1. The van der Waals surface area contributed by atoms with Gasteiger partial charge in [-0.25, -0.2) is 9.59 Å². The van der Waals surface area contributed by atoms with Crippen LogP contribution in [0, 0.1) is 5.41 Å². The van der Waals surface area contributed by atoms with Crippen molar-refractivity contribution in [3.8, 4) is 0 Å². The van der Waals surface area contributed by atoms with Gasteiger partial charge in [-0.3, -0.25) is 24.1 Å². The molecular weight excluding hydrogens is 598 g/mol. The van der Waals surface area contributed by atoms with E-state index in [0.29, 0.717) is 56.6 Å². The van der Waals surface area contributed by atoms with Crippen LogP contribution >= 0.6 is 0 Å².